The van der Waals surface area contributed by atoms with Crippen molar-refractivity contribution in [3.8, 4) is 0 Å². The van der Waals surface area contributed by atoms with Crippen LogP contribution in [-0.2, 0) is 4.74 Å². The van der Waals surface area contributed by atoms with Crippen molar-refractivity contribution >= 4 is 40.7 Å². The Morgan fingerprint density at radius 3 is 2.48 bits per heavy atom. The van der Waals surface area contributed by atoms with Crippen molar-refractivity contribution in [1.82, 2.24) is 4.98 Å². The number of methoxy groups -OCH3 is 1. The van der Waals surface area contributed by atoms with Crippen LogP contribution in [0.4, 0.5) is 17.2 Å². The van der Waals surface area contributed by atoms with E-state index in [1.165, 1.54) is 13.3 Å². The predicted molar refractivity (Wildman–Crippen MR) is 105 cm³/mol. The molecule has 0 aliphatic rings. The van der Waals surface area contributed by atoms with Crippen LogP contribution in [0.25, 0.3) is 0 Å². The van der Waals surface area contributed by atoms with Gasteiger partial charge in [-0.1, -0.05) is 17.7 Å². The molecule has 0 saturated heterocycles. The first-order valence-corrected chi connectivity index (χ1v) is 8.41. The molecule has 7 heteroatoms. The molecule has 0 spiro atoms. The van der Waals surface area contributed by atoms with Gasteiger partial charge in [0.15, 0.2) is 0 Å². The van der Waals surface area contributed by atoms with E-state index in [1.54, 1.807) is 60.7 Å². The highest BCUT2D eigenvalue weighted by atomic mass is 35.5. The lowest BCUT2D eigenvalue weighted by Crippen LogP contribution is -2.12. The summed E-state index contributed by atoms with van der Waals surface area (Å²) in [5.74, 6) is -0.227. The van der Waals surface area contributed by atoms with E-state index in [0.717, 1.165) is 0 Å². The Labute approximate surface area is 161 Å². The number of hydrogen-bond acceptors (Lipinski definition) is 5. The number of benzene rings is 2. The molecular weight excluding hydrogens is 366 g/mol. The molecule has 1 heterocycles. The number of esters is 1. The van der Waals surface area contributed by atoms with Crippen LogP contribution >= 0.6 is 11.6 Å². The molecule has 27 heavy (non-hydrogen) atoms. The normalized spacial score (nSPS) is 10.1. The molecule has 0 aliphatic heterocycles. The van der Waals surface area contributed by atoms with Crippen molar-refractivity contribution in [2.45, 2.75) is 0 Å². The van der Waals surface area contributed by atoms with Gasteiger partial charge in [-0.3, -0.25) is 4.79 Å². The number of nitrogens with zero attached hydrogens (tertiary/aromatic N) is 1. The van der Waals surface area contributed by atoms with Gasteiger partial charge >= 0.3 is 5.97 Å². The fourth-order valence-electron chi connectivity index (χ4n) is 2.37. The zero-order valence-corrected chi connectivity index (χ0v) is 15.2. The summed E-state index contributed by atoms with van der Waals surface area (Å²) in [4.78, 5) is 28.3. The summed E-state index contributed by atoms with van der Waals surface area (Å²) < 4.78 is 4.71. The van der Waals surface area contributed by atoms with E-state index >= 15 is 0 Å². The van der Waals surface area contributed by atoms with Crippen LogP contribution in [-0.4, -0.2) is 24.0 Å². The van der Waals surface area contributed by atoms with Crippen molar-refractivity contribution in [2.24, 2.45) is 0 Å². The molecule has 0 bridgehead atoms. The number of carbonyl (C=O) groups is 2. The van der Waals surface area contributed by atoms with Crippen LogP contribution < -0.4 is 10.6 Å². The molecule has 0 fully saturated rings. The fourth-order valence-corrected chi connectivity index (χ4v) is 2.49. The summed E-state index contributed by atoms with van der Waals surface area (Å²) >= 11 is 5.84. The molecule has 0 radical (unpaired) electrons. The predicted octanol–water partition coefficient (Wildman–Crippen LogP) is 4.52. The largest absolute Gasteiger partial charge is 0.465 e. The molecule has 0 atom stereocenters. The Hall–Kier alpha value is -3.38. The highest BCUT2D eigenvalue weighted by Crippen LogP contribution is 2.19. The van der Waals surface area contributed by atoms with Crippen molar-refractivity contribution in [3.05, 3.63) is 83.0 Å². The summed E-state index contributed by atoms with van der Waals surface area (Å²) in [6.07, 6.45) is 1.53. The number of ether oxygens (including phenoxy) is 1. The van der Waals surface area contributed by atoms with Crippen LogP contribution in [0.2, 0.25) is 5.02 Å². The van der Waals surface area contributed by atoms with E-state index in [9.17, 15) is 9.59 Å². The maximum absolute atomic E-state index is 12.4. The quantitative estimate of drug-likeness (QED) is 0.635. The van der Waals surface area contributed by atoms with Gasteiger partial charge in [0.1, 0.15) is 5.82 Å². The molecule has 1 aromatic heterocycles. The second-order valence-corrected chi connectivity index (χ2v) is 6.02. The fraction of sp³-hybridized carbons (Fsp3) is 0.0500. The van der Waals surface area contributed by atoms with Gasteiger partial charge in [-0.15, -0.1) is 0 Å². The lowest BCUT2D eigenvalue weighted by Gasteiger charge is -2.09. The number of carbonyl (C=O) groups excluding carboxylic acids is 2. The minimum atomic E-state index is -0.428. The average molecular weight is 382 g/mol. The SMILES string of the molecule is COC(=O)c1cccc(Nc2cc(C(=O)Nc3ccc(Cl)cc3)ccn2)c1. The van der Waals surface area contributed by atoms with Crippen molar-refractivity contribution in [3.63, 3.8) is 0 Å². The van der Waals surface area contributed by atoms with E-state index < -0.39 is 5.97 Å². The standard InChI is InChI=1S/C20H16ClN3O3/c1-27-20(26)14-3-2-4-17(11-14)23-18-12-13(9-10-22-18)19(25)24-16-7-5-15(21)6-8-16/h2-12H,1H3,(H,22,23)(H,24,25). The van der Waals surface area contributed by atoms with Gasteiger partial charge in [0.2, 0.25) is 0 Å². The van der Waals surface area contributed by atoms with Gasteiger partial charge in [0.25, 0.3) is 5.91 Å². The second kappa shape index (κ2) is 8.33. The molecule has 0 saturated carbocycles. The molecule has 6 nitrogen and oxygen atoms in total. The molecule has 3 rings (SSSR count). The topological polar surface area (TPSA) is 80.3 Å². The minimum Gasteiger partial charge on any atom is -0.465 e. The van der Waals surface area contributed by atoms with Gasteiger partial charge in [-0.2, -0.15) is 0 Å². The number of hydrogen-bond donors (Lipinski definition) is 2. The Morgan fingerprint density at radius 1 is 0.963 bits per heavy atom. The first-order chi connectivity index (χ1) is 13.0. The van der Waals surface area contributed by atoms with Crippen molar-refractivity contribution in [1.29, 1.82) is 0 Å². The van der Waals surface area contributed by atoms with Crippen LogP contribution in [0.1, 0.15) is 20.7 Å². The summed E-state index contributed by atoms with van der Waals surface area (Å²) in [6.45, 7) is 0. The molecule has 136 valence electrons. The number of amides is 1. The maximum atomic E-state index is 12.4. The zero-order valence-electron chi connectivity index (χ0n) is 14.4. The third-order valence-corrected chi connectivity index (χ3v) is 3.93. The molecule has 0 aliphatic carbocycles. The highest BCUT2D eigenvalue weighted by molar-refractivity contribution is 6.30. The molecule has 2 N–H and O–H groups in total. The van der Waals surface area contributed by atoms with Crippen molar-refractivity contribution in [2.75, 3.05) is 17.7 Å². The van der Waals surface area contributed by atoms with Gasteiger partial charge in [-0.05, 0) is 54.6 Å². The third-order valence-electron chi connectivity index (χ3n) is 3.68. The Morgan fingerprint density at radius 2 is 1.74 bits per heavy atom. The summed E-state index contributed by atoms with van der Waals surface area (Å²) in [7, 11) is 1.33. The lowest BCUT2D eigenvalue weighted by molar-refractivity contribution is 0.0600. The molecule has 3 aromatic rings. The van der Waals surface area contributed by atoms with E-state index in [0.29, 0.717) is 33.3 Å². The van der Waals surface area contributed by atoms with E-state index in [2.05, 4.69) is 15.6 Å². The summed E-state index contributed by atoms with van der Waals surface area (Å²) in [6, 6.07) is 16.9. The maximum Gasteiger partial charge on any atom is 0.337 e. The minimum absolute atomic E-state index is 0.272. The zero-order chi connectivity index (χ0) is 19.2. The van der Waals surface area contributed by atoms with Gasteiger partial charge < -0.3 is 15.4 Å². The number of pyridine rings is 1. The first kappa shape index (κ1) is 18.4. The number of anilines is 3. The monoisotopic (exact) mass is 381 g/mol. The average Bonchev–Trinajstić information content (AvgIpc) is 2.69. The molecule has 0 unspecified atom stereocenters. The smallest absolute Gasteiger partial charge is 0.337 e. The highest BCUT2D eigenvalue weighted by Gasteiger charge is 2.09. The number of rotatable bonds is 5. The molecular formula is C20H16ClN3O3. The summed E-state index contributed by atoms with van der Waals surface area (Å²) in [5, 5.41) is 6.46. The third kappa shape index (κ3) is 4.83. The number of halogens is 1. The first-order valence-electron chi connectivity index (χ1n) is 8.03. The van der Waals surface area contributed by atoms with E-state index in [-0.39, 0.29) is 5.91 Å². The van der Waals surface area contributed by atoms with Crippen molar-refractivity contribution < 1.29 is 14.3 Å². The van der Waals surface area contributed by atoms with Gasteiger partial charge in [0, 0.05) is 28.2 Å². The Balaban J connectivity index is 1.74. The van der Waals surface area contributed by atoms with Gasteiger partial charge in [-0.25, -0.2) is 9.78 Å². The van der Waals surface area contributed by atoms with E-state index in [1.807, 2.05) is 0 Å². The number of nitrogens with one attached hydrogen (secondary N) is 2. The van der Waals surface area contributed by atoms with Crippen LogP contribution in [0.15, 0.2) is 66.9 Å². The van der Waals surface area contributed by atoms with Crippen LogP contribution in [0.3, 0.4) is 0 Å². The second-order valence-electron chi connectivity index (χ2n) is 5.59. The molecule has 2 aromatic carbocycles. The number of aromatic nitrogens is 1. The Bertz CT molecular complexity index is 974. The Kier molecular flexibility index (Phi) is 5.68. The lowest BCUT2D eigenvalue weighted by atomic mass is 10.2. The van der Waals surface area contributed by atoms with Crippen LogP contribution in [0, 0.1) is 0 Å². The molecule has 1 amide bonds. The van der Waals surface area contributed by atoms with E-state index in [4.69, 9.17) is 16.3 Å². The van der Waals surface area contributed by atoms with Crippen LogP contribution in [0.5, 0.6) is 0 Å². The van der Waals surface area contributed by atoms with Gasteiger partial charge in [0.05, 0.1) is 12.7 Å². The summed E-state index contributed by atoms with van der Waals surface area (Å²) in [5.41, 5.74) is 2.15.